The number of nitrogens with one attached hydrogen (secondary N) is 1. The Labute approximate surface area is 109 Å². The van der Waals surface area contributed by atoms with Crippen LogP contribution in [0.1, 0.15) is 32.4 Å². The highest BCUT2D eigenvalue weighted by Gasteiger charge is 2.09. The Morgan fingerprint density at radius 2 is 1.88 bits per heavy atom. The first kappa shape index (κ1) is 14.3. The van der Waals surface area contributed by atoms with Gasteiger partial charge in [0.05, 0.1) is 10.7 Å². The highest BCUT2D eigenvalue weighted by Crippen LogP contribution is 2.19. The molecular weight excluding hydrogens is 234 g/mol. The van der Waals surface area contributed by atoms with Crippen LogP contribution in [0.5, 0.6) is 0 Å². The van der Waals surface area contributed by atoms with Gasteiger partial charge >= 0.3 is 0 Å². The first-order valence-corrected chi connectivity index (χ1v) is 6.65. The summed E-state index contributed by atoms with van der Waals surface area (Å²) in [6.07, 6.45) is 2.26. The SMILES string of the molecule is CCCN(CCC)c1ccc(Cl)c(CNC)n1. The highest BCUT2D eigenvalue weighted by atomic mass is 35.5. The molecule has 1 aromatic rings. The summed E-state index contributed by atoms with van der Waals surface area (Å²) >= 11 is 6.11. The summed E-state index contributed by atoms with van der Waals surface area (Å²) in [5, 5.41) is 3.82. The van der Waals surface area contributed by atoms with Crippen molar-refractivity contribution in [2.45, 2.75) is 33.2 Å². The van der Waals surface area contributed by atoms with E-state index in [1.54, 1.807) is 0 Å². The molecule has 0 bridgehead atoms. The van der Waals surface area contributed by atoms with E-state index in [0.29, 0.717) is 6.54 Å². The van der Waals surface area contributed by atoms with Crippen LogP contribution < -0.4 is 10.2 Å². The minimum absolute atomic E-state index is 0.707. The van der Waals surface area contributed by atoms with Crippen molar-refractivity contribution in [3.8, 4) is 0 Å². The second-order valence-electron chi connectivity index (χ2n) is 4.12. The molecular formula is C13H22ClN3. The quantitative estimate of drug-likeness (QED) is 0.812. The predicted molar refractivity (Wildman–Crippen MR) is 74.8 cm³/mol. The lowest BCUT2D eigenvalue weighted by Crippen LogP contribution is -2.26. The number of halogens is 1. The van der Waals surface area contributed by atoms with Gasteiger partial charge in [0.2, 0.25) is 0 Å². The molecule has 0 fully saturated rings. The van der Waals surface area contributed by atoms with Crippen molar-refractivity contribution < 1.29 is 0 Å². The van der Waals surface area contributed by atoms with E-state index in [9.17, 15) is 0 Å². The molecule has 0 spiro atoms. The van der Waals surface area contributed by atoms with E-state index < -0.39 is 0 Å². The second kappa shape index (κ2) is 7.51. The number of rotatable bonds is 7. The minimum atomic E-state index is 0.707. The molecule has 1 rings (SSSR count). The molecule has 96 valence electrons. The molecule has 1 aromatic heterocycles. The smallest absolute Gasteiger partial charge is 0.128 e. The fourth-order valence-corrected chi connectivity index (χ4v) is 1.99. The number of aromatic nitrogens is 1. The lowest BCUT2D eigenvalue weighted by atomic mass is 10.3. The van der Waals surface area contributed by atoms with Crippen molar-refractivity contribution in [2.75, 3.05) is 25.0 Å². The van der Waals surface area contributed by atoms with Crippen LogP contribution in [0.15, 0.2) is 12.1 Å². The highest BCUT2D eigenvalue weighted by molar-refractivity contribution is 6.31. The summed E-state index contributed by atoms with van der Waals surface area (Å²) in [6.45, 7) is 7.17. The van der Waals surface area contributed by atoms with Gasteiger partial charge < -0.3 is 10.2 Å². The zero-order chi connectivity index (χ0) is 12.7. The molecule has 0 aliphatic heterocycles. The van der Waals surface area contributed by atoms with E-state index in [1.165, 1.54) is 0 Å². The number of nitrogens with zero attached hydrogens (tertiary/aromatic N) is 2. The van der Waals surface area contributed by atoms with E-state index in [4.69, 9.17) is 11.6 Å². The molecule has 0 saturated heterocycles. The van der Waals surface area contributed by atoms with Gasteiger partial charge in [-0.1, -0.05) is 25.4 Å². The first-order chi connectivity index (χ1) is 8.22. The molecule has 0 aliphatic rings. The third kappa shape index (κ3) is 4.17. The Morgan fingerprint density at radius 3 is 2.41 bits per heavy atom. The number of anilines is 1. The van der Waals surface area contributed by atoms with E-state index in [0.717, 1.165) is 42.5 Å². The third-order valence-corrected chi connectivity index (χ3v) is 2.90. The van der Waals surface area contributed by atoms with E-state index in [2.05, 4.69) is 29.0 Å². The molecule has 1 N–H and O–H groups in total. The van der Waals surface area contributed by atoms with Crippen LogP contribution >= 0.6 is 11.6 Å². The normalized spacial score (nSPS) is 10.6. The molecule has 0 unspecified atom stereocenters. The van der Waals surface area contributed by atoms with Gasteiger partial charge in [0, 0.05) is 19.6 Å². The Balaban J connectivity index is 2.90. The van der Waals surface area contributed by atoms with Gasteiger partial charge in [-0.3, -0.25) is 0 Å². The largest absolute Gasteiger partial charge is 0.357 e. The van der Waals surface area contributed by atoms with Gasteiger partial charge in [0.1, 0.15) is 5.82 Å². The van der Waals surface area contributed by atoms with Crippen LogP contribution in [0, 0.1) is 0 Å². The molecule has 0 aromatic carbocycles. The summed E-state index contributed by atoms with van der Waals surface area (Å²) in [5.74, 6) is 1.03. The van der Waals surface area contributed by atoms with E-state index >= 15 is 0 Å². The van der Waals surface area contributed by atoms with Gasteiger partial charge in [-0.15, -0.1) is 0 Å². The van der Waals surface area contributed by atoms with Crippen LogP contribution in [0.2, 0.25) is 5.02 Å². The molecule has 0 saturated carbocycles. The molecule has 1 heterocycles. The molecule has 0 aliphatic carbocycles. The summed E-state index contributed by atoms with van der Waals surface area (Å²) < 4.78 is 0. The maximum absolute atomic E-state index is 6.11. The first-order valence-electron chi connectivity index (χ1n) is 6.27. The lowest BCUT2D eigenvalue weighted by molar-refractivity contribution is 0.724. The number of hydrogen-bond donors (Lipinski definition) is 1. The van der Waals surface area contributed by atoms with Crippen molar-refractivity contribution in [2.24, 2.45) is 0 Å². The maximum Gasteiger partial charge on any atom is 0.128 e. The predicted octanol–water partition coefficient (Wildman–Crippen LogP) is 3.08. The second-order valence-corrected chi connectivity index (χ2v) is 4.52. The molecule has 0 amide bonds. The number of hydrogen-bond acceptors (Lipinski definition) is 3. The average molecular weight is 256 g/mol. The summed E-state index contributed by atoms with van der Waals surface area (Å²) in [4.78, 5) is 6.95. The third-order valence-electron chi connectivity index (χ3n) is 2.56. The molecule has 0 radical (unpaired) electrons. The Hall–Kier alpha value is -0.800. The van der Waals surface area contributed by atoms with Crippen molar-refractivity contribution in [3.05, 3.63) is 22.8 Å². The average Bonchev–Trinajstić information content (AvgIpc) is 2.32. The van der Waals surface area contributed by atoms with Crippen LogP contribution in [-0.2, 0) is 6.54 Å². The zero-order valence-corrected chi connectivity index (χ0v) is 11.7. The summed E-state index contributed by atoms with van der Waals surface area (Å²) in [5.41, 5.74) is 0.920. The maximum atomic E-state index is 6.11. The van der Waals surface area contributed by atoms with Gasteiger partial charge in [0.25, 0.3) is 0 Å². The van der Waals surface area contributed by atoms with Crippen molar-refractivity contribution in [1.82, 2.24) is 10.3 Å². The standard InChI is InChI=1S/C13H22ClN3/c1-4-8-17(9-5-2)13-7-6-11(14)12(16-13)10-15-3/h6-7,15H,4-5,8-10H2,1-3H3. The van der Waals surface area contributed by atoms with Crippen molar-refractivity contribution in [1.29, 1.82) is 0 Å². The van der Waals surface area contributed by atoms with Crippen LogP contribution in [0.3, 0.4) is 0 Å². The van der Waals surface area contributed by atoms with Crippen molar-refractivity contribution >= 4 is 17.4 Å². The Bertz CT molecular complexity index is 335. The van der Waals surface area contributed by atoms with E-state index in [-0.39, 0.29) is 0 Å². The molecule has 0 atom stereocenters. The number of pyridine rings is 1. The Kier molecular flexibility index (Phi) is 6.30. The van der Waals surface area contributed by atoms with E-state index in [1.807, 2.05) is 19.2 Å². The minimum Gasteiger partial charge on any atom is -0.357 e. The molecule has 17 heavy (non-hydrogen) atoms. The van der Waals surface area contributed by atoms with Gasteiger partial charge in [-0.2, -0.15) is 0 Å². The van der Waals surface area contributed by atoms with Crippen molar-refractivity contribution in [3.63, 3.8) is 0 Å². The monoisotopic (exact) mass is 255 g/mol. The Morgan fingerprint density at radius 1 is 1.24 bits per heavy atom. The zero-order valence-electron chi connectivity index (χ0n) is 11.0. The molecule has 3 nitrogen and oxygen atoms in total. The van der Waals surface area contributed by atoms with Crippen LogP contribution in [0.25, 0.3) is 0 Å². The fourth-order valence-electron chi connectivity index (χ4n) is 1.82. The lowest BCUT2D eigenvalue weighted by Gasteiger charge is -2.23. The topological polar surface area (TPSA) is 28.2 Å². The van der Waals surface area contributed by atoms with Crippen LogP contribution in [-0.4, -0.2) is 25.1 Å². The summed E-state index contributed by atoms with van der Waals surface area (Å²) in [7, 11) is 1.90. The summed E-state index contributed by atoms with van der Waals surface area (Å²) in [6, 6.07) is 3.95. The van der Waals surface area contributed by atoms with Crippen LogP contribution in [0.4, 0.5) is 5.82 Å². The van der Waals surface area contributed by atoms with Gasteiger partial charge in [-0.05, 0) is 32.0 Å². The fraction of sp³-hybridized carbons (Fsp3) is 0.615. The van der Waals surface area contributed by atoms with Gasteiger partial charge in [0.15, 0.2) is 0 Å². The van der Waals surface area contributed by atoms with Gasteiger partial charge in [-0.25, -0.2) is 4.98 Å². The molecule has 4 heteroatoms.